The topological polar surface area (TPSA) is 50.8 Å². The van der Waals surface area contributed by atoms with Crippen LogP contribution in [0.1, 0.15) is 5.56 Å². The quantitative estimate of drug-likeness (QED) is 0.886. The Labute approximate surface area is 152 Å². The molecule has 0 radical (unpaired) electrons. The van der Waals surface area contributed by atoms with E-state index in [0.717, 1.165) is 24.3 Å². The summed E-state index contributed by atoms with van der Waals surface area (Å²) in [6.07, 6.45) is 0. The molecule has 1 aliphatic heterocycles. The predicted octanol–water partition coefficient (Wildman–Crippen LogP) is 3.50. The lowest BCUT2D eigenvalue weighted by molar-refractivity contribution is -0.118. The number of nitrogens with zero attached hydrogens (tertiary/aromatic N) is 1. The van der Waals surface area contributed by atoms with Gasteiger partial charge < -0.3 is 19.7 Å². The zero-order valence-electron chi connectivity index (χ0n) is 14.1. The monoisotopic (exact) mass is 360 g/mol. The number of hydrogen-bond acceptors (Lipinski definition) is 4. The largest absolute Gasteiger partial charge is 0.483 e. The van der Waals surface area contributed by atoms with Crippen LogP contribution in [0.25, 0.3) is 0 Å². The first-order valence-electron chi connectivity index (χ1n) is 8.24. The number of carbonyl (C=O) groups excluding carboxylic acids is 1. The van der Waals surface area contributed by atoms with Crippen molar-refractivity contribution in [3.8, 4) is 5.75 Å². The first-order valence-corrected chi connectivity index (χ1v) is 8.62. The SMILES string of the molecule is Cc1ccccc1OCC(=O)Nc1cc(Cl)ccc1N1CCOCC1. The number of rotatable bonds is 5. The highest BCUT2D eigenvalue weighted by atomic mass is 35.5. The minimum absolute atomic E-state index is 0.0556. The number of anilines is 2. The van der Waals surface area contributed by atoms with Crippen LogP contribution >= 0.6 is 11.6 Å². The van der Waals surface area contributed by atoms with Crippen LogP contribution in [0.3, 0.4) is 0 Å². The Hall–Kier alpha value is -2.24. The first kappa shape index (κ1) is 17.6. The van der Waals surface area contributed by atoms with Crippen molar-refractivity contribution in [3.05, 3.63) is 53.1 Å². The number of ether oxygens (including phenoxy) is 2. The molecule has 0 aliphatic carbocycles. The normalized spacial score (nSPS) is 14.2. The molecule has 5 nitrogen and oxygen atoms in total. The molecule has 1 aliphatic rings. The van der Waals surface area contributed by atoms with Gasteiger partial charge in [-0.05, 0) is 36.8 Å². The number of aryl methyl sites for hydroxylation is 1. The van der Waals surface area contributed by atoms with E-state index in [0.29, 0.717) is 29.7 Å². The number of carbonyl (C=O) groups is 1. The van der Waals surface area contributed by atoms with Gasteiger partial charge in [0, 0.05) is 18.1 Å². The van der Waals surface area contributed by atoms with E-state index in [4.69, 9.17) is 21.1 Å². The number of para-hydroxylation sites is 1. The molecule has 6 heteroatoms. The fraction of sp³-hybridized carbons (Fsp3) is 0.316. The third-order valence-electron chi connectivity index (χ3n) is 4.04. The maximum atomic E-state index is 12.3. The molecular formula is C19H21ClN2O3. The lowest BCUT2D eigenvalue weighted by atomic mass is 10.2. The summed E-state index contributed by atoms with van der Waals surface area (Å²) in [5.74, 6) is 0.483. The average molecular weight is 361 g/mol. The Morgan fingerprint density at radius 1 is 1.24 bits per heavy atom. The summed E-state index contributed by atoms with van der Waals surface area (Å²) >= 11 is 6.11. The molecule has 1 fully saturated rings. The number of benzene rings is 2. The summed E-state index contributed by atoms with van der Waals surface area (Å²) in [7, 11) is 0. The van der Waals surface area contributed by atoms with Crippen molar-refractivity contribution in [1.82, 2.24) is 0 Å². The molecule has 0 spiro atoms. The van der Waals surface area contributed by atoms with Gasteiger partial charge in [0.05, 0.1) is 24.6 Å². The van der Waals surface area contributed by atoms with Crippen molar-refractivity contribution in [2.24, 2.45) is 0 Å². The standard InChI is InChI=1S/C19H21ClN2O3/c1-14-4-2-3-5-18(14)25-13-19(23)21-16-12-15(20)6-7-17(16)22-8-10-24-11-9-22/h2-7,12H,8-11,13H2,1H3,(H,21,23). The van der Waals surface area contributed by atoms with E-state index in [1.165, 1.54) is 0 Å². The van der Waals surface area contributed by atoms with Crippen LogP contribution in [0.2, 0.25) is 5.02 Å². The van der Waals surface area contributed by atoms with Gasteiger partial charge in [-0.1, -0.05) is 29.8 Å². The summed E-state index contributed by atoms with van der Waals surface area (Å²) in [6.45, 7) is 4.80. The highest BCUT2D eigenvalue weighted by molar-refractivity contribution is 6.31. The van der Waals surface area contributed by atoms with E-state index in [-0.39, 0.29) is 12.5 Å². The lowest BCUT2D eigenvalue weighted by Gasteiger charge is -2.30. The van der Waals surface area contributed by atoms with Crippen molar-refractivity contribution in [2.75, 3.05) is 43.1 Å². The van der Waals surface area contributed by atoms with Gasteiger partial charge >= 0.3 is 0 Å². The van der Waals surface area contributed by atoms with Gasteiger partial charge in [-0.3, -0.25) is 4.79 Å². The number of nitrogens with one attached hydrogen (secondary N) is 1. The lowest BCUT2D eigenvalue weighted by Crippen LogP contribution is -2.37. The smallest absolute Gasteiger partial charge is 0.262 e. The van der Waals surface area contributed by atoms with Gasteiger partial charge in [-0.15, -0.1) is 0 Å². The van der Waals surface area contributed by atoms with Crippen molar-refractivity contribution < 1.29 is 14.3 Å². The second kappa shape index (κ2) is 8.23. The van der Waals surface area contributed by atoms with Crippen LogP contribution < -0.4 is 15.0 Å². The Morgan fingerprint density at radius 3 is 2.76 bits per heavy atom. The fourth-order valence-electron chi connectivity index (χ4n) is 2.74. The molecule has 25 heavy (non-hydrogen) atoms. The van der Waals surface area contributed by atoms with Gasteiger partial charge in [0.2, 0.25) is 0 Å². The third kappa shape index (κ3) is 4.65. The average Bonchev–Trinajstić information content (AvgIpc) is 2.62. The highest BCUT2D eigenvalue weighted by Gasteiger charge is 2.17. The number of halogens is 1. The Bertz CT molecular complexity index is 745. The van der Waals surface area contributed by atoms with E-state index < -0.39 is 0 Å². The zero-order valence-corrected chi connectivity index (χ0v) is 14.9. The molecule has 0 aromatic heterocycles. The molecule has 0 bridgehead atoms. The van der Waals surface area contributed by atoms with Crippen LogP contribution in [-0.2, 0) is 9.53 Å². The van der Waals surface area contributed by atoms with E-state index >= 15 is 0 Å². The fourth-order valence-corrected chi connectivity index (χ4v) is 2.91. The Morgan fingerprint density at radius 2 is 2.00 bits per heavy atom. The molecule has 0 atom stereocenters. The minimum Gasteiger partial charge on any atom is -0.483 e. The van der Waals surface area contributed by atoms with Crippen LogP contribution in [0, 0.1) is 6.92 Å². The molecule has 132 valence electrons. The maximum absolute atomic E-state index is 12.3. The second-order valence-electron chi connectivity index (χ2n) is 5.86. The van der Waals surface area contributed by atoms with Gasteiger partial charge in [0.15, 0.2) is 6.61 Å². The van der Waals surface area contributed by atoms with E-state index in [9.17, 15) is 4.79 Å². The number of hydrogen-bond donors (Lipinski definition) is 1. The molecule has 3 rings (SSSR count). The summed E-state index contributed by atoms with van der Waals surface area (Å²) in [4.78, 5) is 14.5. The third-order valence-corrected chi connectivity index (χ3v) is 4.27. The predicted molar refractivity (Wildman–Crippen MR) is 99.8 cm³/mol. The summed E-state index contributed by atoms with van der Waals surface area (Å²) in [5, 5.41) is 3.48. The maximum Gasteiger partial charge on any atom is 0.262 e. The summed E-state index contributed by atoms with van der Waals surface area (Å²) < 4.78 is 11.0. The Balaban J connectivity index is 1.68. The van der Waals surface area contributed by atoms with E-state index in [1.54, 1.807) is 6.07 Å². The summed E-state index contributed by atoms with van der Waals surface area (Å²) in [6, 6.07) is 13.1. The molecule has 1 amide bonds. The highest BCUT2D eigenvalue weighted by Crippen LogP contribution is 2.30. The van der Waals surface area contributed by atoms with Crippen molar-refractivity contribution in [2.45, 2.75) is 6.92 Å². The molecule has 1 saturated heterocycles. The molecular weight excluding hydrogens is 340 g/mol. The van der Waals surface area contributed by atoms with Gasteiger partial charge in [-0.2, -0.15) is 0 Å². The Kier molecular flexibility index (Phi) is 5.79. The number of amides is 1. The molecule has 2 aromatic carbocycles. The van der Waals surface area contributed by atoms with Crippen LogP contribution in [-0.4, -0.2) is 38.8 Å². The van der Waals surface area contributed by atoms with Crippen LogP contribution in [0.5, 0.6) is 5.75 Å². The molecule has 1 heterocycles. The van der Waals surface area contributed by atoms with Crippen LogP contribution in [0.4, 0.5) is 11.4 Å². The van der Waals surface area contributed by atoms with Gasteiger partial charge in [0.25, 0.3) is 5.91 Å². The zero-order chi connectivity index (χ0) is 17.6. The first-order chi connectivity index (χ1) is 12.1. The molecule has 0 unspecified atom stereocenters. The summed E-state index contributed by atoms with van der Waals surface area (Å²) in [5.41, 5.74) is 2.62. The van der Waals surface area contributed by atoms with Crippen molar-refractivity contribution in [1.29, 1.82) is 0 Å². The number of morpholine rings is 1. The molecule has 1 N–H and O–H groups in total. The second-order valence-corrected chi connectivity index (χ2v) is 6.30. The minimum atomic E-state index is -0.222. The van der Waals surface area contributed by atoms with E-state index in [2.05, 4.69) is 10.2 Å². The van der Waals surface area contributed by atoms with Gasteiger partial charge in [-0.25, -0.2) is 0 Å². The van der Waals surface area contributed by atoms with Crippen molar-refractivity contribution in [3.63, 3.8) is 0 Å². The van der Waals surface area contributed by atoms with E-state index in [1.807, 2.05) is 43.3 Å². The molecule has 2 aromatic rings. The van der Waals surface area contributed by atoms with Crippen molar-refractivity contribution >= 4 is 28.9 Å². The van der Waals surface area contributed by atoms with Gasteiger partial charge in [0.1, 0.15) is 5.75 Å². The van der Waals surface area contributed by atoms with Crippen LogP contribution in [0.15, 0.2) is 42.5 Å². The molecule has 0 saturated carbocycles.